The summed E-state index contributed by atoms with van der Waals surface area (Å²) in [6.07, 6.45) is 0. The third-order valence-electron chi connectivity index (χ3n) is 2.06. The lowest BCUT2D eigenvalue weighted by molar-refractivity contribution is -0.114. The van der Waals surface area contributed by atoms with Gasteiger partial charge in [-0.25, -0.2) is 4.79 Å². The average Bonchev–Trinajstić information content (AvgIpc) is 2.28. The summed E-state index contributed by atoms with van der Waals surface area (Å²) in [5.41, 5.74) is 0.0321. The number of aromatic carboxylic acids is 1. The minimum absolute atomic E-state index is 0.0867. The number of hydrogen-bond donors (Lipinski definition) is 2. The molecule has 0 aliphatic rings. The second-order valence-electron chi connectivity index (χ2n) is 3.24. The monoisotopic (exact) mass is 239 g/mol. The van der Waals surface area contributed by atoms with E-state index in [0.717, 1.165) is 0 Å². The Morgan fingerprint density at radius 1 is 1.24 bits per heavy atom. The van der Waals surface area contributed by atoms with Gasteiger partial charge in [-0.1, -0.05) is 0 Å². The number of carbonyl (C=O) groups excluding carboxylic acids is 1. The van der Waals surface area contributed by atoms with Gasteiger partial charge in [-0.05, 0) is 6.07 Å². The molecule has 0 aliphatic carbocycles. The minimum Gasteiger partial charge on any atom is -0.497 e. The van der Waals surface area contributed by atoms with Crippen molar-refractivity contribution in [2.45, 2.75) is 6.92 Å². The normalized spacial score (nSPS) is 9.59. The van der Waals surface area contributed by atoms with Crippen molar-refractivity contribution < 1.29 is 24.2 Å². The summed E-state index contributed by atoms with van der Waals surface area (Å²) in [6.45, 7) is 1.29. The van der Waals surface area contributed by atoms with Gasteiger partial charge in [-0.2, -0.15) is 0 Å². The molecule has 0 aromatic heterocycles. The minimum atomic E-state index is -1.18. The van der Waals surface area contributed by atoms with Gasteiger partial charge < -0.3 is 19.9 Å². The van der Waals surface area contributed by atoms with Crippen molar-refractivity contribution in [3.63, 3.8) is 0 Å². The summed E-state index contributed by atoms with van der Waals surface area (Å²) >= 11 is 0. The highest BCUT2D eigenvalue weighted by Crippen LogP contribution is 2.33. The van der Waals surface area contributed by atoms with E-state index in [2.05, 4.69) is 5.32 Å². The van der Waals surface area contributed by atoms with Crippen LogP contribution in [0.5, 0.6) is 11.5 Å². The van der Waals surface area contributed by atoms with E-state index in [1.54, 1.807) is 0 Å². The molecule has 0 radical (unpaired) electrons. The number of amides is 1. The molecule has 17 heavy (non-hydrogen) atoms. The van der Waals surface area contributed by atoms with E-state index in [0.29, 0.717) is 5.75 Å². The Labute approximate surface area is 98.2 Å². The molecule has 6 nitrogen and oxygen atoms in total. The fraction of sp³-hybridized carbons (Fsp3) is 0.273. The van der Waals surface area contributed by atoms with Gasteiger partial charge >= 0.3 is 5.97 Å². The van der Waals surface area contributed by atoms with Gasteiger partial charge in [-0.3, -0.25) is 4.79 Å². The van der Waals surface area contributed by atoms with Gasteiger partial charge in [0.25, 0.3) is 0 Å². The predicted octanol–water partition coefficient (Wildman–Crippen LogP) is 1.36. The van der Waals surface area contributed by atoms with Crippen molar-refractivity contribution in [3.8, 4) is 11.5 Å². The first-order valence-electron chi connectivity index (χ1n) is 4.76. The highest BCUT2D eigenvalue weighted by atomic mass is 16.5. The average molecular weight is 239 g/mol. The van der Waals surface area contributed by atoms with Crippen LogP contribution in [0.1, 0.15) is 17.3 Å². The smallest absolute Gasteiger partial charge is 0.338 e. The van der Waals surface area contributed by atoms with Crippen molar-refractivity contribution in [1.82, 2.24) is 0 Å². The number of methoxy groups -OCH3 is 2. The molecule has 0 saturated heterocycles. The van der Waals surface area contributed by atoms with E-state index >= 15 is 0 Å². The summed E-state index contributed by atoms with van der Waals surface area (Å²) in [7, 11) is 2.80. The van der Waals surface area contributed by atoms with E-state index in [9.17, 15) is 9.59 Å². The second-order valence-corrected chi connectivity index (χ2v) is 3.24. The van der Waals surface area contributed by atoms with Gasteiger partial charge in [-0.15, -0.1) is 0 Å². The van der Waals surface area contributed by atoms with Gasteiger partial charge in [0.05, 0.1) is 25.5 Å². The highest BCUT2D eigenvalue weighted by Gasteiger charge is 2.18. The first-order chi connectivity index (χ1) is 7.99. The number of anilines is 1. The lowest BCUT2D eigenvalue weighted by atomic mass is 10.1. The Morgan fingerprint density at radius 2 is 1.88 bits per heavy atom. The van der Waals surface area contributed by atoms with Crippen molar-refractivity contribution in [3.05, 3.63) is 17.7 Å². The maximum Gasteiger partial charge on any atom is 0.338 e. The number of nitrogens with one attached hydrogen (secondary N) is 1. The molecular weight excluding hydrogens is 226 g/mol. The molecular formula is C11H13NO5. The van der Waals surface area contributed by atoms with Crippen LogP contribution in [-0.2, 0) is 4.79 Å². The number of ether oxygens (including phenoxy) is 2. The number of rotatable bonds is 4. The van der Waals surface area contributed by atoms with Gasteiger partial charge in [0, 0.05) is 13.0 Å². The van der Waals surface area contributed by atoms with Gasteiger partial charge in [0.1, 0.15) is 11.5 Å². The Kier molecular flexibility index (Phi) is 3.92. The van der Waals surface area contributed by atoms with E-state index < -0.39 is 5.97 Å². The zero-order valence-electron chi connectivity index (χ0n) is 9.73. The quantitative estimate of drug-likeness (QED) is 0.828. The number of hydrogen-bond acceptors (Lipinski definition) is 4. The third-order valence-corrected chi connectivity index (χ3v) is 2.06. The van der Waals surface area contributed by atoms with E-state index in [1.165, 1.54) is 33.3 Å². The van der Waals surface area contributed by atoms with E-state index in [-0.39, 0.29) is 22.9 Å². The molecule has 0 fully saturated rings. The van der Waals surface area contributed by atoms with Crippen LogP contribution in [0.25, 0.3) is 0 Å². The molecule has 0 spiro atoms. The molecule has 1 amide bonds. The van der Waals surface area contributed by atoms with Crippen molar-refractivity contribution in [1.29, 1.82) is 0 Å². The summed E-state index contributed by atoms with van der Waals surface area (Å²) in [5, 5.41) is 11.5. The molecule has 1 aromatic carbocycles. The topological polar surface area (TPSA) is 84.9 Å². The van der Waals surface area contributed by atoms with Crippen molar-refractivity contribution in [2.24, 2.45) is 0 Å². The number of carboxylic acids is 1. The fourth-order valence-corrected chi connectivity index (χ4v) is 1.34. The molecule has 0 heterocycles. The summed E-state index contributed by atoms with van der Waals surface area (Å²) < 4.78 is 9.97. The zero-order valence-corrected chi connectivity index (χ0v) is 9.73. The van der Waals surface area contributed by atoms with E-state index in [4.69, 9.17) is 14.6 Å². The summed E-state index contributed by atoms with van der Waals surface area (Å²) in [5.74, 6) is -0.979. The molecule has 1 rings (SSSR count). The van der Waals surface area contributed by atoms with Crippen LogP contribution < -0.4 is 14.8 Å². The van der Waals surface area contributed by atoms with Crippen molar-refractivity contribution >= 4 is 17.6 Å². The molecule has 0 saturated carbocycles. The van der Waals surface area contributed by atoms with Crippen LogP contribution in [-0.4, -0.2) is 31.2 Å². The van der Waals surface area contributed by atoms with Crippen LogP contribution >= 0.6 is 0 Å². The molecule has 0 unspecified atom stereocenters. The number of carboxylic acid groups (broad SMARTS) is 1. The molecule has 1 aromatic rings. The fourth-order valence-electron chi connectivity index (χ4n) is 1.34. The number of benzene rings is 1. The van der Waals surface area contributed by atoms with Crippen LogP contribution in [0, 0.1) is 0 Å². The standard InChI is InChI=1S/C11H13NO5/c1-6(13)12-10-8(11(14)15)4-7(16-2)5-9(10)17-3/h4-5H,1-3H3,(H,12,13)(H,14,15). The largest absolute Gasteiger partial charge is 0.497 e. The highest BCUT2D eigenvalue weighted by molar-refractivity contribution is 6.02. The van der Waals surface area contributed by atoms with Crippen molar-refractivity contribution in [2.75, 3.05) is 19.5 Å². The molecule has 92 valence electrons. The first kappa shape index (κ1) is 12.8. The Hall–Kier alpha value is -2.24. The van der Waals surface area contributed by atoms with Crippen LogP contribution in [0.4, 0.5) is 5.69 Å². The summed E-state index contributed by atoms with van der Waals surface area (Å²) in [4.78, 5) is 22.1. The van der Waals surface area contributed by atoms with Gasteiger partial charge in [0.15, 0.2) is 0 Å². The molecule has 6 heteroatoms. The molecule has 0 aliphatic heterocycles. The summed E-state index contributed by atoms with van der Waals surface area (Å²) in [6, 6.07) is 2.81. The van der Waals surface area contributed by atoms with Crippen LogP contribution in [0.15, 0.2) is 12.1 Å². The third kappa shape index (κ3) is 2.87. The lowest BCUT2D eigenvalue weighted by Gasteiger charge is -2.13. The molecule has 0 bridgehead atoms. The molecule has 0 atom stereocenters. The Morgan fingerprint density at radius 3 is 2.29 bits per heavy atom. The van der Waals surface area contributed by atoms with Gasteiger partial charge in [0.2, 0.25) is 5.91 Å². The van der Waals surface area contributed by atoms with Crippen LogP contribution in [0.2, 0.25) is 0 Å². The lowest BCUT2D eigenvalue weighted by Crippen LogP contribution is -2.12. The SMILES string of the molecule is COc1cc(OC)c(NC(C)=O)c(C(=O)O)c1. The zero-order chi connectivity index (χ0) is 13.0. The maximum absolute atomic E-state index is 11.1. The predicted molar refractivity (Wildman–Crippen MR) is 60.8 cm³/mol. The Balaban J connectivity index is 3.40. The first-order valence-corrected chi connectivity index (χ1v) is 4.76. The maximum atomic E-state index is 11.1. The number of carbonyl (C=O) groups is 2. The van der Waals surface area contributed by atoms with Crippen LogP contribution in [0.3, 0.4) is 0 Å². The second kappa shape index (κ2) is 5.20. The Bertz CT molecular complexity index is 455. The molecule has 2 N–H and O–H groups in total. The van der Waals surface area contributed by atoms with E-state index in [1.807, 2.05) is 0 Å².